The highest BCUT2D eigenvalue weighted by molar-refractivity contribution is 5.86. The summed E-state index contributed by atoms with van der Waals surface area (Å²) in [6.45, 7) is 6.56. The van der Waals surface area contributed by atoms with Gasteiger partial charge >= 0.3 is 5.97 Å². The lowest BCUT2D eigenvalue weighted by molar-refractivity contribution is -0.144. The van der Waals surface area contributed by atoms with E-state index in [1.165, 1.54) is 0 Å². The fraction of sp³-hybridized carbons (Fsp3) is 0.500. The fourth-order valence-electron chi connectivity index (χ4n) is 0.368. The number of carbonyl (C=O) groups excluding carboxylic acids is 2. The second kappa shape index (κ2) is 4.66. The first-order valence-electron chi connectivity index (χ1n) is 3.39. The SMILES string of the molecule is C=CC(=O)OCC(=O)C(C)C. The lowest BCUT2D eigenvalue weighted by Gasteiger charge is -2.02. The van der Waals surface area contributed by atoms with Crippen molar-refractivity contribution < 1.29 is 14.3 Å². The Kier molecular flexibility index (Phi) is 4.18. The number of Topliss-reactive ketones (excluding diaryl/α,β-unsaturated/α-hetero) is 1. The summed E-state index contributed by atoms with van der Waals surface area (Å²) in [6.07, 6.45) is 1.04. The van der Waals surface area contributed by atoms with Crippen LogP contribution >= 0.6 is 0 Å². The summed E-state index contributed by atoms with van der Waals surface area (Å²) in [5.74, 6) is -0.730. The van der Waals surface area contributed by atoms with E-state index in [0.717, 1.165) is 6.08 Å². The number of ether oxygens (including phenoxy) is 1. The Labute approximate surface area is 66.0 Å². The van der Waals surface area contributed by atoms with Crippen molar-refractivity contribution in [3.63, 3.8) is 0 Å². The quantitative estimate of drug-likeness (QED) is 0.449. The molecule has 0 amide bonds. The molecule has 11 heavy (non-hydrogen) atoms. The Hall–Kier alpha value is -1.12. The van der Waals surface area contributed by atoms with E-state index in [9.17, 15) is 9.59 Å². The second-order valence-electron chi connectivity index (χ2n) is 2.43. The average molecular weight is 156 g/mol. The van der Waals surface area contributed by atoms with Crippen molar-refractivity contribution in [2.24, 2.45) is 5.92 Å². The Morgan fingerprint density at radius 3 is 2.45 bits per heavy atom. The molecule has 0 fully saturated rings. The predicted molar refractivity (Wildman–Crippen MR) is 41.0 cm³/mol. The lowest BCUT2D eigenvalue weighted by Crippen LogP contribution is -2.16. The molecule has 0 saturated carbocycles. The molecular weight excluding hydrogens is 144 g/mol. The third kappa shape index (κ3) is 4.31. The molecular formula is C8H12O3. The first-order valence-corrected chi connectivity index (χ1v) is 3.39. The van der Waals surface area contributed by atoms with Crippen LogP contribution in [0.5, 0.6) is 0 Å². The Morgan fingerprint density at radius 1 is 1.55 bits per heavy atom. The highest BCUT2D eigenvalue weighted by Crippen LogP contribution is 1.94. The van der Waals surface area contributed by atoms with Crippen LogP contribution in [0.2, 0.25) is 0 Å². The molecule has 0 N–H and O–H groups in total. The zero-order chi connectivity index (χ0) is 8.85. The molecule has 0 aliphatic carbocycles. The van der Waals surface area contributed by atoms with E-state index >= 15 is 0 Å². The van der Waals surface area contributed by atoms with Gasteiger partial charge in [0.1, 0.15) is 0 Å². The topological polar surface area (TPSA) is 43.4 Å². The molecule has 0 aromatic heterocycles. The van der Waals surface area contributed by atoms with Crippen LogP contribution in [0.15, 0.2) is 12.7 Å². The minimum absolute atomic E-state index is 0.0831. The maximum Gasteiger partial charge on any atom is 0.330 e. The van der Waals surface area contributed by atoms with Crippen molar-refractivity contribution in [1.82, 2.24) is 0 Å². The Morgan fingerprint density at radius 2 is 2.09 bits per heavy atom. The minimum atomic E-state index is -0.556. The van der Waals surface area contributed by atoms with Crippen LogP contribution in [0.1, 0.15) is 13.8 Å². The molecule has 0 atom stereocenters. The Balaban J connectivity index is 3.62. The molecule has 0 saturated heterocycles. The van der Waals surface area contributed by atoms with Gasteiger partial charge in [0.2, 0.25) is 0 Å². The predicted octanol–water partition coefficient (Wildman–Crippen LogP) is 0.941. The number of hydrogen-bond acceptors (Lipinski definition) is 3. The van der Waals surface area contributed by atoms with Crippen LogP contribution < -0.4 is 0 Å². The summed E-state index contributed by atoms with van der Waals surface area (Å²) in [7, 11) is 0. The van der Waals surface area contributed by atoms with E-state index in [4.69, 9.17) is 0 Å². The minimum Gasteiger partial charge on any atom is -0.455 e. The standard InChI is InChI=1S/C8H12O3/c1-4-8(10)11-5-7(9)6(2)3/h4,6H,1,5H2,2-3H3. The number of esters is 1. The van der Waals surface area contributed by atoms with Crippen LogP contribution in [0.3, 0.4) is 0 Å². The summed E-state index contributed by atoms with van der Waals surface area (Å²) in [4.78, 5) is 21.3. The normalized spacial score (nSPS) is 9.36. The first-order chi connectivity index (χ1) is 5.07. The zero-order valence-corrected chi connectivity index (χ0v) is 6.79. The molecule has 0 radical (unpaired) electrons. The van der Waals surface area contributed by atoms with Crippen molar-refractivity contribution in [3.05, 3.63) is 12.7 Å². The summed E-state index contributed by atoms with van der Waals surface area (Å²) in [5.41, 5.74) is 0. The molecule has 0 aliphatic heterocycles. The second-order valence-corrected chi connectivity index (χ2v) is 2.43. The van der Waals surface area contributed by atoms with Crippen LogP contribution in [-0.2, 0) is 14.3 Å². The van der Waals surface area contributed by atoms with Gasteiger partial charge in [-0.25, -0.2) is 4.79 Å². The monoisotopic (exact) mass is 156 g/mol. The molecule has 3 heteroatoms. The van der Waals surface area contributed by atoms with Gasteiger partial charge in [-0.15, -0.1) is 0 Å². The van der Waals surface area contributed by atoms with Crippen molar-refractivity contribution in [2.75, 3.05) is 6.61 Å². The van der Waals surface area contributed by atoms with Gasteiger partial charge in [0.25, 0.3) is 0 Å². The number of carbonyl (C=O) groups is 2. The highest BCUT2D eigenvalue weighted by atomic mass is 16.5. The van der Waals surface area contributed by atoms with Crippen LogP contribution in [0, 0.1) is 5.92 Å². The third-order valence-corrected chi connectivity index (χ3v) is 1.17. The molecule has 0 bridgehead atoms. The van der Waals surface area contributed by atoms with Crippen molar-refractivity contribution >= 4 is 11.8 Å². The molecule has 62 valence electrons. The zero-order valence-electron chi connectivity index (χ0n) is 6.79. The number of ketones is 1. The van der Waals surface area contributed by atoms with Gasteiger partial charge < -0.3 is 4.74 Å². The van der Waals surface area contributed by atoms with E-state index < -0.39 is 5.97 Å². The molecule has 0 aromatic rings. The van der Waals surface area contributed by atoms with E-state index in [-0.39, 0.29) is 18.3 Å². The molecule has 0 aliphatic rings. The number of hydrogen-bond donors (Lipinski definition) is 0. The van der Waals surface area contributed by atoms with Crippen molar-refractivity contribution in [2.45, 2.75) is 13.8 Å². The largest absolute Gasteiger partial charge is 0.455 e. The third-order valence-electron chi connectivity index (χ3n) is 1.17. The first kappa shape index (κ1) is 9.88. The van der Waals surface area contributed by atoms with E-state index in [2.05, 4.69) is 11.3 Å². The smallest absolute Gasteiger partial charge is 0.330 e. The maximum atomic E-state index is 10.9. The molecule has 0 rings (SSSR count). The van der Waals surface area contributed by atoms with Crippen molar-refractivity contribution in [1.29, 1.82) is 0 Å². The van der Waals surface area contributed by atoms with Crippen LogP contribution in [-0.4, -0.2) is 18.4 Å². The molecule has 0 spiro atoms. The summed E-state index contributed by atoms with van der Waals surface area (Å²) in [5, 5.41) is 0. The highest BCUT2D eigenvalue weighted by Gasteiger charge is 2.08. The molecule has 0 unspecified atom stereocenters. The summed E-state index contributed by atoms with van der Waals surface area (Å²) in [6, 6.07) is 0. The van der Waals surface area contributed by atoms with E-state index in [1.54, 1.807) is 13.8 Å². The average Bonchev–Trinajstić information content (AvgIpc) is 1.99. The molecule has 0 heterocycles. The fourth-order valence-corrected chi connectivity index (χ4v) is 0.368. The van der Waals surface area contributed by atoms with Gasteiger partial charge in [-0.1, -0.05) is 20.4 Å². The summed E-state index contributed by atoms with van der Waals surface area (Å²) < 4.78 is 4.51. The summed E-state index contributed by atoms with van der Waals surface area (Å²) >= 11 is 0. The van der Waals surface area contributed by atoms with Crippen LogP contribution in [0.25, 0.3) is 0 Å². The van der Waals surface area contributed by atoms with Gasteiger partial charge in [0.05, 0.1) is 0 Å². The molecule has 0 aromatic carbocycles. The van der Waals surface area contributed by atoms with Gasteiger partial charge in [-0.3, -0.25) is 4.79 Å². The van der Waals surface area contributed by atoms with E-state index in [0.29, 0.717) is 0 Å². The lowest BCUT2D eigenvalue weighted by atomic mass is 10.1. The van der Waals surface area contributed by atoms with Gasteiger partial charge in [-0.05, 0) is 0 Å². The van der Waals surface area contributed by atoms with Gasteiger partial charge in [-0.2, -0.15) is 0 Å². The number of rotatable bonds is 4. The van der Waals surface area contributed by atoms with Gasteiger partial charge in [0, 0.05) is 12.0 Å². The van der Waals surface area contributed by atoms with Crippen molar-refractivity contribution in [3.8, 4) is 0 Å². The van der Waals surface area contributed by atoms with Gasteiger partial charge in [0.15, 0.2) is 12.4 Å². The maximum absolute atomic E-state index is 10.9. The van der Waals surface area contributed by atoms with E-state index in [1.807, 2.05) is 0 Å². The van der Waals surface area contributed by atoms with Crippen LogP contribution in [0.4, 0.5) is 0 Å². The molecule has 3 nitrogen and oxygen atoms in total. The Bertz CT molecular complexity index is 170.